The minimum Gasteiger partial charge on any atom is -0.398 e. The Morgan fingerprint density at radius 1 is 1.05 bits per heavy atom. The van der Waals surface area contributed by atoms with Gasteiger partial charge in [-0.05, 0) is 37.3 Å². The van der Waals surface area contributed by atoms with Crippen LogP contribution in [0.25, 0.3) is 0 Å². The van der Waals surface area contributed by atoms with E-state index in [4.69, 9.17) is 5.73 Å². The van der Waals surface area contributed by atoms with E-state index < -0.39 is 9.84 Å². The van der Waals surface area contributed by atoms with Crippen LogP contribution in [0.15, 0.2) is 57.2 Å². The van der Waals surface area contributed by atoms with Gasteiger partial charge in [0.15, 0.2) is 9.84 Å². The van der Waals surface area contributed by atoms with Crippen molar-refractivity contribution in [3.05, 3.63) is 48.0 Å². The maximum Gasteiger partial charge on any atom is 0.175 e. The molecule has 0 amide bonds. The Bertz CT molecular complexity index is 692. The van der Waals surface area contributed by atoms with Crippen molar-refractivity contribution >= 4 is 27.3 Å². The van der Waals surface area contributed by atoms with Crippen molar-refractivity contribution in [1.29, 1.82) is 0 Å². The molecule has 2 N–H and O–H groups in total. The first-order valence-corrected chi connectivity index (χ1v) is 8.41. The summed E-state index contributed by atoms with van der Waals surface area (Å²) < 4.78 is 22.9. The molecule has 0 atom stereocenters. The topological polar surface area (TPSA) is 60.2 Å². The van der Waals surface area contributed by atoms with Crippen LogP contribution in [-0.4, -0.2) is 14.7 Å². The maximum absolute atomic E-state index is 11.4. The zero-order valence-corrected chi connectivity index (χ0v) is 12.4. The highest BCUT2D eigenvalue weighted by atomic mass is 32.2. The molecule has 2 aromatic carbocycles. The minimum atomic E-state index is -3.21. The van der Waals surface area contributed by atoms with Gasteiger partial charge >= 0.3 is 0 Å². The van der Waals surface area contributed by atoms with Gasteiger partial charge in [-0.2, -0.15) is 0 Å². The molecule has 0 unspecified atom stereocenters. The van der Waals surface area contributed by atoms with Crippen molar-refractivity contribution < 1.29 is 8.42 Å². The second-order valence-corrected chi connectivity index (χ2v) is 7.52. The molecule has 0 heterocycles. The van der Waals surface area contributed by atoms with Gasteiger partial charge in [0.2, 0.25) is 0 Å². The molecule has 0 bridgehead atoms. The van der Waals surface area contributed by atoms with E-state index in [1.807, 2.05) is 31.2 Å². The molecule has 0 aliphatic rings. The molecular formula is C14H15NO2S2. The fraction of sp³-hybridized carbons (Fsp3) is 0.143. The monoisotopic (exact) mass is 293 g/mol. The third-order valence-electron chi connectivity index (χ3n) is 2.66. The average Bonchev–Trinajstić information content (AvgIpc) is 2.33. The van der Waals surface area contributed by atoms with E-state index in [2.05, 4.69) is 0 Å². The molecule has 0 aliphatic carbocycles. The first-order chi connectivity index (χ1) is 8.86. The van der Waals surface area contributed by atoms with Crippen LogP contribution >= 0.6 is 11.8 Å². The number of aryl methyl sites for hydroxylation is 1. The molecule has 2 rings (SSSR count). The van der Waals surface area contributed by atoms with Gasteiger partial charge in [0.25, 0.3) is 0 Å². The summed E-state index contributed by atoms with van der Waals surface area (Å²) in [4.78, 5) is 2.18. The second kappa shape index (κ2) is 5.27. The Morgan fingerprint density at radius 2 is 1.68 bits per heavy atom. The molecule has 0 fully saturated rings. The first-order valence-electron chi connectivity index (χ1n) is 5.70. The normalized spacial score (nSPS) is 11.5. The van der Waals surface area contributed by atoms with Gasteiger partial charge in [-0.15, -0.1) is 0 Å². The van der Waals surface area contributed by atoms with Crippen molar-refractivity contribution in [3.8, 4) is 0 Å². The molecule has 0 aliphatic heterocycles. The molecule has 0 saturated heterocycles. The van der Waals surface area contributed by atoms with Crippen molar-refractivity contribution in [2.45, 2.75) is 21.6 Å². The summed E-state index contributed by atoms with van der Waals surface area (Å²) in [6.45, 7) is 2.03. The largest absolute Gasteiger partial charge is 0.398 e. The molecule has 100 valence electrons. The number of hydrogen-bond donors (Lipinski definition) is 1. The maximum atomic E-state index is 11.4. The van der Waals surface area contributed by atoms with Crippen molar-refractivity contribution in [2.75, 3.05) is 12.0 Å². The third-order valence-corrected chi connectivity index (χ3v) is 4.87. The van der Waals surface area contributed by atoms with E-state index in [-0.39, 0.29) is 4.90 Å². The highest BCUT2D eigenvalue weighted by Crippen LogP contribution is 2.33. The number of nitrogen functional groups attached to an aromatic ring is 1. The Kier molecular flexibility index (Phi) is 3.87. The molecule has 19 heavy (non-hydrogen) atoms. The predicted octanol–water partition coefficient (Wildman–Crippen LogP) is 3.13. The molecule has 0 saturated carbocycles. The van der Waals surface area contributed by atoms with Gasteiger partial charge in [-0.25, -0.2) is 8.42 Å². The fourth-order valence-electron chi connectivity index (χ4n) is 1.58. The van der Waals surface area contributed by atoms with E-state index in [0.29, 0.717) is 5.69 Å². The second-order valence-electron chi connectivity index (χ2n) is 4.39. The number of benzene rings is 2. The summed E-state index contributed by atoms with van der Waals surface area (Å²) in [5.41, 5.74) is 7.59. The summed E-state index contributed by atoms with van der Waals surface area (Å²) in [5, 5.41) is 0. The van der Waals surface area contributed by atoms with Gasteiger partial charge in [-0.1, -0.05) is 29.5 Å². The smallest absolute Gasteiger partial charge is 0.175 e. The van der Waals surface area contributed by atoms with Gasteiger partial charge in [-0.3, -0.25) is 0 Å². The van der Waals surface area contributed by atoms with E-state index >= 15 is 0 Å². The zero-order valence-electron chi connectivity index (χ0n) is 10.8. The third kappa shape index (κ3) is 3.52. The first kappa shape index (κ1) is 14.0. The molecule has 5 heteroatoms. The van der Waals surface area contributed by atoms with Crippen LogP contribution in [0.2, 0.25) is 0 Å². The van der Waals surface area contributed by atoms with Crippen molar-refractivity contribution in [1.82, 2.24) is 0 Å². The average molecular weight is 293 g/mol. The van der Waals surface area contributed by atoms with E-state index in [0.717, 1.165) is 9.79 Å². The fourth-order valence-corrected chi connectivity index (χ4v) is 3.08. The summed E-state index contributed by atoms with van der Waals surface area (Å²) in [6, 6.07) is 12.9. The van der Waals surface area contributed by atoms with E-state index in [1.54, 1.807) is 12.1 Å². The highest BCUT2D eigenvalue weighted by molar-refractivity contribution is 7.99. The SMILES string of the molecule is Cc1ccc(Sc2ccc(S(C)(=O)=O)cc2N)cc1. The summed E-state index contributed by atoms with van der Waals surface area (Å²) in [7, 11) is -3.21. The molecule has 0 radical (unpaired) electrons. The number of anilines is 1. The Balaban J connectivity index is 2.29. The number of sulfone groups is 1. The standard InChI is InChI=1S/C14H15NO2S2/c1-10-3-5-11(6-4-10)18-14-8-7-12(9-13(14)15)19(2,16)17/h3-9H,15H2,1-2H3. The van der Waals surface area contributed by atoms with Crippen LogP contribution in [0.1, 0.15) is 5.56 Å². The summed E-state index contributed by atoms with van der Waals surface area (Å²) in [6.07, 6.45) is 1.18. The van der Waals surface area contributed by atoms with Crippen molar-refractivity contribution in [2.24, 2.45) is 0 Å². The van der Waals surface area contributed by atoms with Crippen LogP contribution in [-0.2, 0) is 9.84 Å². The molecule has 0 spiro atoms. The van der Waals surface area contributed by atoms with E-state index in [9.17, 15) is 8.42 Å². The lowest BCUT2D eigenvalue weighted by Gasteiger charge is -2.07. The zero-order chi connectivity index (χ0) is 14.0. The van der Waals surface area contributed by atoms with E-state index in [1.165, 1.54) is 29.6 Å². The Labute approximate surface area is 117 Å². The Hall–Kier alpha value is -1.46. The van der Waals surface area contributed by atoms with Crippen LogP contribution in [0.5, 0.6) is 0 Å². The Morgan fingerprint density at radius 3 is 2.21 bits per heavy atom. The lowest BCUT2D eigenvalue weighted by molar-refractivity contribution is 0.602. The van der Waals surface area contributed by atoms with Gasteiger partial charge in [0.05, 0.1) is 4.90 Å². The highest BCUT2D eigenvalue weighted by Gasteiger charge is 2.10. The molecule has 3 nitrogen and oxygen atoms in total. The van der Waals surface area contributed by atoms with Crippen LogP contribution in [0, 0.1) is 6.92 Å². The van der Waals surface area contributed by atoms with Crippen LogP contribution < -0.4 is 5.73 Å². The van der Waals surface area contributed by atoms with Crippen LogP contribution in [0.4, 0.5) is 5.69 Å². The minimum absolute atomic E-state index is 0.248. The number of nitrogens with two attached hydrogens (primary N) is 1. The molecule has 0 aromatic heterocycles. The quantitative estimate of drug-likeness (QED) is 0.883. The predicted molar refractivity (Wildman–Crippen MR) is 79.3 cm³/mol. The summed E-state index contributed by atoms with van der Waals surface area (Å²) >= 11 is 1.52. The number of rotatable bonds is 3. The lowest BCUT2D eigenvalue weighted by Crippen LogP contribution is -1.99. The van der Waals surface area contributed by atoms with Crippen LogP contribution in [0.3, 0.4) is 0 Å². The number of hydrogen-bond acceptors (Lipinski definition) is 4. The van der Waals surface area contributed by atoms with Gasteiger partial charge in [0.1, 0.15) is 0 Å². The molecule has 2 aromatic rings. The lowest BCUT2D eigenvalue weighted by atomic mass is 10.2. The van der Waals surface area contributed by atoms with Gasteiger partial charge in [0, 0.05) is 21.7 Å². The molecular weight excluding hydrogens is 278 g/mol. The summed E-state index contributed by atoms with van der Waals surface area (Å²) in [5.74, 6) is 0. The van der Waals surface area contributed by atoms with Gasteiger partial charge < -0.3 is 5.73 Å². The van der Waals surface area contributed by atoms with Crippen molar-refractivity contribution in [3.63, 3.8) is 0 Å².